The van der Waals surface area contributed by atoms with Crippen molar-refractivity contribution in [3.05, 3.63) is 60.2 Å². The van der Waals surface area contributed by atoms with E-state index in [1.165, 1.54) is 0 Å². The van der Waals surface area contributed by atoms with Crippen molar-refractivity contribution < 1.29 is 22.7 Å². The number of hydrogen-bond donors (Lipinski definition) is 1. The molecule has 2 heterocycles. The van der Waals surface area contributed by atoms with Crippen LogP contribution in [0.25, 0.3) is 0 Å². The molecule has 0 unspecified atom stereocenters. The Morgan fingerprint density at radius 3 is 2.30 bits per heavy atom. The second-order valence-electron chi connectivity index (χ2n) is 8.60. The molecule has 0 radical (unpaired) electrons. The van der Waals surface area contributed by atoms with Gasteiger partial charge in [0.05, 0.1) is 16.9 Å². The summed E-state index contributed by atoms with van der Waals surface area (Å²) in [6.45, 7) is 2.94. The van der Waals surface area contributed by atoms with Gasteiger partial charge in [0.25, 0.3) is 0 Å². The van der Waals surface area contributed by atoms with Crippen molar-refractivity contribution in [2.24, 2.45) is 0 Å². The molecule has 0 spiro atoms. The second kappa shape index (κ2) is 10.7. The van der Waals surface area contributed by atoms with Gasteiger partial charge in [0, 0.05) is 26.3 Å². The summed E-state index contributed by atoms with van der Waals surface area (Å²) in [7, 11) is -3.45. The summed E-state index contributed by atoms with van der Waals surface area (Å²) in [6.07, 6.45) is 4.19. The largest absolute Gasteiger partial charge is 0.492 e. The van der Waals surface area contributed by atoms with Crippen LogP contribution in [0.5, 0.6) is 5.75 Å². The SMILES string of the molecule is O=C(NCCOc1ccc(S(=O)(=O)N2CCCCC2)cc1)C1(c2ccccc2)CCOCC1. The molecule has 2 aliphatic rings. The van der Waals surface area contributed by atoms with Gasteiger partial charge < -0.3 is 14.8 Å². The molecule has 1 N–H and O–H groups in total. The smallest absolute Gasteiger partial charge is 0.243 e. The van der Waals surface area contributed by atoms with Crippen molar-refractivity contribution >= 4 is 15.9 Å². The quantitative estimate of drug-likeness (QED) is 0.597. The zero-order valence-corrected chi connectivity index (χ0v) is 19.7. The van der Waals surface area contributed by atoms with E-state index in [9.17, 15) is 13.2 Å². The fraction of sp³-hybridized carbons (Fsp3) is 0.480. The lowest BCUT2D eigenvalue weighted by atomic mass is 9.73. The molecule has 178 valence electrons. The van der Waals surface area contributed by atoms with Crippen LogP contribution in [-0.4, -0.2) is 58.1 Å². The maximum atomic E-state index is 13.1. The minimum Gasteiger partial charge on any atom is -0.492 e. The molecular weight excluding hydrogens is 440 g/mol. The molecule has 0 saturated carbocycles. The number of benzene rings is 2. The first-order chi connectivity index (χ1) is 16.0. The lowest BCUT2D eigenvalue weighted by molar-refractivity contribution is -0.130. The molecule has 2 saturated heterocycles. The Morgan fingerprint density at radius 1 is 0.970 bits per heavy atom. The summed E-state index contributed by atoms with van der Waals surface area (Å²) in [4.78, 5) is 13.4. The molecule has 0 aliphatic carbocycles. The molecule has 8 heteroatoms. The molecule has 0 aromatic heterocycles. The molecule has 7 nitrogen and oxygen atoms in total. The van der Waals surface area contributed by atoms with Crippen molar-refractivity contribution in [2.75, 3.05) is 39.5 Å². The third kappa shape index (κ3) is 5.39. The average molecular weight is 473 g/mol. The normalized spacial score (nSPS) is 19.0. The van der Waals surface area contributed by atoms with Gasteiger partial charge in [-0.2, -0.15) is 4.31 Å². The molecule has 2 aromatic carbocycles. The molecule has 33 heavy (non-hydrogen) atoms. The molecule has 2 fully saturated rings. The maximum Gasteiger partial charge on any atom is 0.243 e. The fourth-order valence-electron chi connectivity index (χ4n) is 4.59. The van der Waals surface area contributed by atoms with Crippen LogP contribution in [0.15, 0.2) is 59.5 Å². The Kier molecular flexibility index (Phi) is 7.67. The zero-order chi connectivity index (χ0) is 23.2. The Bertz CT molecular complexity index is 1010. The van der Waals surface area contributed by atoms with Crippen molar-refractivity contribution in [1.82, 2.24) is 9.62 Å². The first-order valence-electron chi connectivity index (χ1n) is 11.7. The summed E-state index contributed by atoms with van der Waals surface area (Å²) in [5.74, 6) is 0.564. The van der Waals surface area contributed by atoms with Crippen molar-refractivity contribution in [1.29, 1.82) is 0 Å². The predicted octanol–water partition coefficient (Wildman–Crippen LogP) is 3.10. The minimum absolute atomic E-state index is 0.0106. The number of hydrogen-bond acceptors (Lipinski definition) is 5. The summed E-state index contributed by atoms with van der Waals surface area (Å²) >= 11 is 0. The number of sulfonamides is 1. The van der Waals surface area contributed by atoms with E-state index in [4.69, 9.17) is 9.47 Å². The average Bonchev–Trinajstić information content (AvgIpc) is 2.88. The summed E-state index contributed by atoms with van der Waals surface area (Å²) in [5, 5.41) is 3.02. The summed E-state index contributed by atoms with van der Waals surface area (Å²) in [5.41, 5.74) is 0.432. The highest BCUT2D eigenvalue weighted by Crippen LogP contribution is 2.35. The van der Waals surface area contributed by atoms with Crippen LogP contribution in [0.2, 0.25) is 0 Å². The number of rotatable bonds is 8. The summed E-state index contributed by atoms with van der Waals surface area (Å²) in [6, 6.07) is 16.4. The van der Waals surface area contributed by atoms with Gasteiger partial charge in [-0.25, -0.2) is 8.42 Å². The topological polar surface area (TPSA) is 84.9 Å². The molecule has 0 bridgehead atoms. The fourth-order valence-corrected chi connectivity index (χ4v) is 6.11. The van der Waals surface area contributed by atoms with Crippen LogP contribution in [0.1, 0.15) is 37.7 Å². The van der Waals surface area contributed by atoms with Gasteiger partial charge in [-0.05, 0) is 55.5 Å². The molecule has 2 aromatic rings. The van der Waals surface area contributed by atoms with Crippen LogP contribution in [0.4, 0.5) is 0 Å². The third-order valence-electron chi connectivity index (χ3n) is 6.54. The van der Waals surface area contributed by atoms with Crippen LogP contribution in [-0.2, 0) is 25.0 Å². The molecule has 4 rings (SSSR count). The van der Waals surface area contributed by atoms with Crippen molar-refractivity contribution in [3.8, 4) is 5.75 Å². The van der Waals surface area contributed by atoms with E-state index in [1.807, 2.05) is 30.3 Å². The van der Waals surface area contributed by atoms with Crippen LogP contribution >= 0.6 is 0 Å². The first-order valence-corrected chi connectivity index (χ1v) is 13.1. The van der Waals surface area contributed by atoms with Gasteiger partial charge in [-0.15, -0.1) is 0 Å². The number of nitrogens with zero attached hydrogens (tertiary/aromatic N) is 1. The van der Waals surface area contributed by atoms with E-state index < -0.39 is 15.4 Å². The van der Waals surface area contributed by atoms with E-state index in [1.54, 1.807) is 28.6 Å². The van der Waals surface area contributed by atoms with E-state index in [0.717, 1.165) is 24.8 Å². The lowest BCUT2D eigenvalue weighted by Crippen LogP contribution is -2.48. The first kappa shape index (κ1) is 23.7. The van der Waals surface area contributed by atoms with E-state index in [0.29, 0.717) is 58.0 Å². The van der Waals surface area contributed by atoms with Gasteiger partial charge in [0.15, 0.2) is 0 Å². The van der Waals surface area contributed by atoms with E-state index in [-0.39, 0.29) is 10.8 Å². The Labute approximate surface area is 196 Å². The highest BCUT2D eigenvalue weighted by atomic mass is 32.2. The highest BCUT2D eigenvalue weighted by molar-refractivity contribution is 7.89. The summed E-state index contributed by atoms with van der Waals surface area (Å²) < 4.78 is 38.3. The van der Waals surface area contributed by atoms with Crippen LogP contribution in [0, 0.1) is 0 Å². The predicted molar refractivity (Wildman–Crippen MR) is 126 cm³/mol. The van der Waals surface area contributed by atoms with Gasteiger partial charge in [-0.1, -0.05) is 36.8 Å². The van der Waals surface area contributed by atoms with E-state index in [2.05, 4.69) is 5.32 Å². The Balaban J connectivity index is 1.31. The number of amides is 1. The van der Waals surface area contributed by atoms with Crippen molar-refractivity contribution in [3.63, 3.8) is 0 Å². The molecule has 0 atom stereocenters. The van der Waals surface area contributed by atoms with Gasteiger partial charge >= 0.3 is 0 Å². The number of ether oxygens (including phenoxy) is 2. The van der Waals surface area contributed by atoms with Gasteiger partial charge in [-0.3, -0.25) is 4.79 Å². The zero-order valence-electron chi connectivity index (χ0n) is 18.9. The van der Waals surface area contributed by atoms with E-state index >= 15 is 0 Å². The van der Waals surface area contributed by atoms with Gasteiger partial charge in [0.1, 0.15) is 12.4 Å². The lowest BCUT2D eigenvalue weighted by Gasteiger charge is -2.36. The second-order valence-corrected chi connectivity index (χ2v) is 10.5. The number of carbonyl (C=O) groups excluding carboxylic acids is 1. The number of piperidine rings is 1. The number of nitrogens with one attached hydrogen (secondary N) is 1. The monoisotopic (exact) mass is 472 g/mol. The van der Waals surface area contributed by atoms with Crippen LogP contribution < -0.4 is 10.1 Å². The highest BCUT2D eigenvalue weighted by Gasteiger charge is 2.41. The molecule has 1 amide bonds. The third-order valence-corrected chi connectivity index (χ3v) is 8.45. The minimum atomic E-state index is -3.45. The van der Waals surface area contributed by atoms with Crippen molar-refractivity contribution in [2.45, 2.75) is 42.4 Å². The Morgan fingerprint density at radius 2 is 1.64 bits per heavy atom. The Hall–Kier alpha value is -2.42. The number of carbonyl (C=O) groups is 1. The van der Waals surface area contributed by atoms with Gasteiger partial charge in [0.2, 0.25) is 15.9 Å². The standard InChI is InChI=1S/C25H32N2O5S/c28-24(25(13-18-31-19-14-25)21-7-3-1-4-8-21)26-15-20-32-22-9-11-23(12-10-22)33(29,30)27-16-5-2-6-17-27/h1,3-4,7-12H,2,5-6,13-20H2,(H,26,28). The molecule has 2 aliphatic heterocycles. The maximum absolute atomic E-state index is 13.1. The molecular formula is C25H32N2O5S. The van der Waals surface area contributed by atoms with Crippen LogP contribution in [0.3, 0.4) is 0 Å².